The molecule has 0 aliphatic heterocycles. The van der Waals surface area contributed by atoms with E-state index in [-0.39, 0.29) is 11.4 Å². The predicted molar refractivity (Wildman–Crippen MR) is 106 cm³/mol. The zero-order valence-electron chi connectivity index (χ0n) is 15.6. The van der Waals surface area contributed by atoms with Gasteiger partial charge in [-0.2, -0.15) is 13.2 Å². The second-order valence-electron chi connectivity index (χ2n) is 6.47. The van der Waals surface area contributed by atoms with E-state index in [1.54, 1.807) is 18.3 Å². The molecule has 158 valence electrons. The van der Waals surface area contributed by atoms with E-state index < -0.39 is 23.4 Å². The SMILES string of the molecule is Fc1ccc(CSc2nnc(-c3cccnc3)n2-c2cccc(C(F)(F)F)c2)cc1F. The maximum Gasteiger partial charge on any atom is 0.416 e. The monoisotopic (exact) mass is 448 g/mol. The van der Waals surface area contributed by atoms with Gasteiger partial charge in [0.1, 0.15) is 0 Å². The first kappa shape index (κ1) is 21.0. The molecule has 0 aliphatic rings. The number of halogens is 5. The summed E-state index contributed by atoms with van der Waals surface area (Å²) < 4.78 is 67.9. The number of alkyl halides is 3. The van der Waals surface area contributed by atoms with E-state index in [4.69, 9.17) is 0 Å². The summed E-state index contributed by atoms with van der Waals surface area (Å²) in [6, 6.07) is 11.7. The zero-order chi connectivity index (χ0) is 22.0. The fourth-order valence-electron chi connectivity index (χ4n) is 2.88. The smallest absolute Gasteiger partial charge is 0.270 e. The summed E-state index contributed by atoms with van der Waals surface area (Å²) in [7, 11) is 0. The minimum absolute atomic E-state index is 0.210. The Kier molecular flexibility index (Phi) is 5.73. The van der Waals surface area contributed by atoms with Crippen LogP contribution in [0, 0.1) is 11.6 Å². The summed E-state index contributed by atoms with van der Waals surface area (Å²) in [5.41, 5.74) is 0.455. The molecule has 0 unspecified atom stereocenters. The quantitative estimate of drug-likeness (QED) is 0.281. The highest BCUT2D eigenvalue weighted by Crippen LogP contribution is 2.34. The van der Waals surface area contributed by atoms with Crippen LogP contribution in [0.2, 0.25) is 0 Å². The van der Waals surface area contributed by atoms with Gasteiger partial charge in [0.25, 0.3) is 0 Å². The number of rotatable bonds is 5. The van der Waals surface area contributed by atoms with Crippen molar-refractivity contribution in [1.29, 1.82) is 0 Å². The van der Waals surface area contributed by atoms with Gasteiger partial charge in [-0.3, -0.25) is 9.55 Å². The molecule has 2 aromatic carbocycles. The van der Waals surface area contributed by atoms with Crippen LogP contribution in [0.1, 0.15) is 11.1 Å². The van der Waals surface area contributed by atoms with Gasteiger partial charge in [0.2, 0.25) is 0 Å². The molecular weight excluding hydrogens is 435 g/mol. The van der Waals surface area contributed by atoms with Gasteiger partial charge in [-0.25, -0.2) is 8.78 Å². The van der Waals surface area contributed by atoms with Gasteiger partial charge in [0.15, 0.2) is 22.6 Å². The molecule has 0 spiro atoms. The number of hydrogen-bond donors (Lipinski definition) is 0. The van der Waals surface area contributed by atoms with Crippen molar-refractivity contribution in [1.82, 2.24) is 19.7 Å². The summed E-state index contributed by atoms with van der Waals surface area (Å²) >= 11 is 1.14. The molecule has 0 amide bonds. The van der Waals surface area contributed by atoms with Crippen molar-refractivity contribution in [2.24, 2.45) is 0 Å². The van der Waals surface area contributed by atoms with Crippen LogP contribution in [-0.2, 0) is 11.9 Å². The lowest BCUT2D eigenvalue weighted by Gasteiger charge is -2.13. The molecule has 2 heterocycles. The summed E-state index contributed by atoms with van der Waals surface area (Å²) in [5.74, 6) is -1.42. The predicted octanol–water partition coefficient (Wildman–Crippen LogP) is 5.92. The molecule has 10 heteroatoms. The van der Waals surface area contributed by atoms with Crippen molar-refractivity contribution in [2.75, 3.05) is 0 Å². The Hall–Kier alpha value is -3.27. The van der Waals surface area contributed by atoms with Crippen molar-refractivity contribution in [3.05, 3.63) is 89.8 Å². The second kappa shape index (κ2) is 8.46. The van der Waals surface area contributed by atoms with Crippen molar-refractivity contribution < 1.29 is 22.0 Å². The average molecular weight is 448 g/mol. The molecular formula is C21H13F5N4S. The van der Waals surface area contributed by atoms with Gasteiger partial charge in [0.05, 0.1) is 11.3 Å². The molecule has 0 saturated carbocycles. The Bertz CT molecular complexity index is 1210. The lowest BCUT2D eigenvalue weighted by atomic mass is 10.2. The van der Waals surface area contributed by atoms with E-state index >= 15 is 0 Å². The molecule has 4 aromatic rings. The normalized spacial score (nSPS) is 11.6. The molecule has 0 fully saturated rings. The van der Waals surface area contributed by atoms with E-state index in [1.165, 1.54) is 29.0 Å². The van der Waals surface area contributed by atoms with Gasteiger partial charge in [0, 0.05) is 23.7 Å². The molecule has 31 heavy (non-hydrogen) atoms. The first-order valence-electron chi connectivity index (χ1n) is 8.93. The van der Waals surface area contributed by atoms with Crippen LogP contribution in [0.4, 0.5) is 22.0 Å². The third-order valence-electron chi connectivity index (χ3n) is 4.34. The van der Waals surface area contributed by atoms with Gasteiger partial charge in [-0.15, -0.1) is 10.2 Å². The molecule has 0 aliphatic carbocycles. The van der Waals surface area contributed by atoms with Crippen LogP contribution >= 0.6 is 11.8 Å². The third-order valence-corrected chi connectivity index (χ3v) is 5.34. The van der Waals surface area contributed by atoms with Gasteiger partial charge >= 0.3 is 6.18 Å². The van der Waals surface area contributed by atoms with Crippen LogP contribution in [-0.4, -0.2) is 19.7 Å². The minimum Gasteiger partial charge on any atom is -0.270 e. The van der Waals surface area contributed by atoms with E-state index in [0.717, 1.165) is 36.0 Å². The standard InChI is InChI=1S/C21H13F5N4S/c22-17-7-6-13(9-18(17)23)12-31-20-29-28-19(14-3-2-8-27-11-14)30(20)16-5-1-4-15(10-16)21(24,25)26/h1-11H,12H2. The first-order valence-corrected chi connectivity index (χ1v) is 9.91. The molecule has 4 nitrogen and oxygen atoms in total. The molecule has 0 atom stereocenters. The van der Waals surface area contributed by atoms with E-state index in [2.05, 4.69) is 15.2 Å². The lowest BCUT2D eigenvalue weighted by molar-refractivity contribution is -0.137. The Labute approximate surface area is 177 Å². The van der Waals surface area contributed by atoms with Crippen molar-refractivity contribution >= 4 is 11.8 Å². The number of thioether (sulfide) groups is 1. The largest absolute Gasteiger partial charge is 0.416 e. The van der Waals surface area contributed by atoms with Crippen molar-refractivity contribution in [3.8, 4) is 17.1 Å². The third kappa shape index (κ3) is 4.58. The molecule has 2 aromatic heterocycles. The summed E-state index contributed by atoms with van der Waals surface area (Å²) in [4.78, 5) is 4.03. The second-order valence-corrected chi connectivity index (χ2v) is 7.41. The van der Waals surface area contributed by atoms with Gasteiger partial charge in [-0.1, -0.05) is 23.9 Å². The molecule has 0 N–H and O–H groups in total. The summed E-state index contributed by atoms with van der Waals surface area (Å²) in [6.07, 6.45) is -1.43. The summed E-state index contributed by atoms with van der Waals surface area (Å²) in [6.45, 7) is 0. The van der Waals surface area contributed by atoms with Gasteiger partial charge in [-0.05, 0) is 48.0 Å². The van der Waals surface area contributed by atoms with Crippen molar-refractivity contribution in [2.45, 2.75) is 17.1 Å². The first-order chi connectivity index (χ1) is 14.8. The Morgan fingerprint density at radius 1 is 0.903 bits per heavy atom. The van der Waals surface area contributed by atoms with Crippen LogP contribution in [0.5, 0.6) is 0 Å². The van der Waals surface area contributed by atoms with E-state index in [1.807, 2.05) is 0 Å². The Morgan fingerprint density at radius 2 is 1.74 bits per heavy atom. The Balaban J connectivity index is 1.76. The van der Waals surface area contributed by atoms with Crippen LogP contribution in [0.25, 0.3) is 17.1 Å². The number of pyridine rings is 1. The molecule has 4 rings (SSSR count). The van der Waals surface area contributed by atoms with E-state index in [0.29, 0.717) is 22.1 Å². The molecule has 0 radical (unpaired) electrons. The molecule has 0 saturated heterocycles. The fourth-order valence-corrected chi connectivity index (χ4v) is 3.77. The van der Waals surface area contributed by atoms with Crippen molar-refractivity contribution in [3.63, 3.8) is 0 Å². The topological polar surface area (TPSA) is 43.6 Å². The fraction of sp³-hybridized carbons (Fsp3) is 0.0952. The minimum atomic E-state index is -4.52. The number of nitrogens with zero attached hydrogens (tertiary/aromatic N) is 4. The van der Waals surface area contributed by atoms with E-state index in [9.17, 15) is 22.0 Å². The maximum atomic E-state index is 13.5. The van der Waals surface area contributed by atoms with Crippen LogP contribution in [0.15, 0.2) is 72.1 Å². The highest BCUT2D eigenvalue weighted by atomic mass is 32.2. The lowest BCUT2D eigenvalue weighted by Crippen LogP contribution is -2.07. The van der Waals surface area contributed by atoms with Crippen LogP contribution < -0.4 is 0 Å². The summed E-state index contributed by atoms with van der Waals surface area (Å²) in [5, 5.41) is 8.54. The number of aromatic nitrogens is 4. The Morgan fingerprint density at radius 3 is 2.45 bits per heavy atom. The number of hydrogen-bond acceptors (Lipinski definition) is 4. The maximum absolute atomic E-state index is 13.5. The zero-order valence-corrected chi connectivity index (χ0v) is 16.5. The highest BCUT2D eigenvalue weighted by molar-refractivity contribution is 7.98. The molecule has 0 bridgehead atoms. The van der Waals surface area contributed by atoms with Gasteiger partial charge < -0.3 is 0 Å². The average Bonchev–Trinajstić information content (AvgIpc) is 3.19. The number of benzene rings is 2. The van der Waals surface area contributed by atoms with Crippen LogP contribution in [0.3, 0.4) is 0 Å². The highest BCUT2D eigenvalue weighted by Gasteiger charge is 2.31.